The number of hydrogen-bond acceptors (Lipinski definition) is 1. The van der Waals surface area contributed by atoms with Gasteiger partial charge >= 0.3 is 0 Å². The molecule has 0 aromatic rings. The van der Waals surface area contributed by atoms with Gasteiger partial charge in [-0.1, -0.05) is 103 Å². The minimum Gasteiger partial charge on any atom is -0.412 e. The van der Waals surface area contributed by atoms with E-state index in [4.69, 9.17) is 0 Å². The Morgan fingerprint density at radius 2 is 0.700 bits per heavy atom. The van der Waals surface area contributed by atoms with E-state index >= 15 is 0 Å². The van der Waals surface area contributed by atoms with E-state index < -0.39 is 0 Å². The Morgan fingerprint density at radius 1 is 0.450 bits per heavy atom. The first-order valence-corrected chi connectivity index (χ1v) is 9.66. The van der Waals surface area contributed by atoms with Crippen LogP contribution in [0.3, 0.4) is 0 Å². The smallest absolute Gasteiger partial charge is 0.00979 e. The van der Waals surface area contributed by atoms with Gasteiger partial charge in [0.15, 0.2) is 0 Å². The Kier molecular flexibility index (Phi) is 24.4. The first-order valence-electron chi connectivity index (χ1n) is 9.02. The molecule has 0 saturated heterocycles. The van der Waals surface area contributed by atoms with Gasteiger partial charge in [-0.15, -0.1) is 0 Å². The summed E-state index contributed by atoms with van der Waals surface area (Å²) in [6, 6.07) is 0. The quantitative estimate of drug-likeness (QED) is 0.254. The molecule has 0 aliphatic rings. The van der Waals surface area contributed by atoms with Crippen molar-refractivity contribution in [3.05, 3.63) is 0 Å². The highest BCUT2D eigenvalue weighted by Crippen LogP contribution is 2.13. The Balaban J connectivity index is 0. The largest absolute Gasteiger partial charge is 0.412 e. The summed E-state index contributed by atoms with van der Waals surface area (Å²) in [6.07, 6.45) is 23.1. The van der Waals surface area contributed by atoms with Crippen molar-refractivity contribution < 1.29 is 5.48 Å². The van der Waals surface area contributed by atoms with Crippen LogP contribution in [0.4, 0.5) is 0 Å². The molecule has 0 fully saturated rings. The first-order chi connectivity index (χ1) is 9.41. The van der Waals surface area contributed by atoms with E-state index in [1.165, 1.54) is 103 Å². The molecule has 0 spiro atoms. The molecule has 1 nitrogen and oxygen atoms in total. The lowest BCUT2D eigenvalue weighted by atomic mass is 10.0. The number of hydrogen-bond donors (Lipinski definition) is 1. The van der Waals surface area contributed by atoms with Crippen LogP contribution < -0.4 is 0 Å². The summed E-state index contributed by atoms with van der Waals surface area (Å²) in [7, 11) is 0. The average Bonchev–Trinajstić information content (AvgIpc) is 2.43. The van der Waals surface area contributed by atoms with E-state index in [0.29, 0.717) is 0 Å². The van der Waals surface area contributed by atoms with Crippen molar-refractivity contribution in [3.63, 3.8) is 0 Å². The normalized spacial score (nSPS) is 10.5. The van der Waals surface area contributed by atoms with Crippen LogP contribution in [-0.4, -0.2) is 11.2 Å². The Labute approximate surface area is 134 Å². The summed E-state index contributed by atoms with van der Waals surface area (Å²) >= 11 is 4.24. The van der Waals surface area contributed by atoms with Gasteiger partial charge in [-0.2, -0.15) is 12.6 Å². The summed E-state index contributed by atoms with van der Waals surface area (Å²) in [5.74, 6) is 1.07. The standard InChI is InChI=1S/C18H38S.H2O/c1-2-3-4-5-6-7-8-9-10-11-12-13-14-15-16-17-18-19;/h19H,2-18H2,1H3;1H2. The molecular weight excluding hydrogens is 264 g/mol. The van der Waals surface area contributed by atoms with Crippen LogP contribution >= 0.6 is 12.6 Å². The van der Waals surface area contributed by atoms with Gasteiger partial charge in [0, 0.05) is 0 Å². The summed E-state index contributed by atoms with van der Waals surface area (Å²) in [6.45, 7) is 2.29. The molecule has 0 atom stereocenters. The Hall–Kier alpha value is 0.310. The molecule has 2 N–H and O–H groups in total. The third-order valence-electron chi connectivity index (χ3n) is 4.01. The zero-order valence-corrected chi connectivity index (χ0v) is 14.9. The van der Waals surface area contributed by atoms with Gasteiger partial charge < -0.3 is 5.48 Å². The van der Waals surface area contributed by atoms with Gasteiger partial charge in [-0.25, -0.2) is 0 Å². The molecule has 0 heterocycles. The second-order valence-corrected chi connectivity index (χ2v) is 6.47. The summed E-state index contributed by atoms with van der Waals surface area (Å²) < 4.78 is 0. The van der Waals surface area contributed by atoms with Crippen LogP contribution in [0.15, 0.2) is 0 Å². The van der Waals surface area contributed by atoms with E-state index in [-0.39, 0.29) is 5.48 Å². The van der Waals surface area contributed by atoms with Crippen LogP contribution in [0.2, 0.25) is 0 Å². The molecule has 0 rings (SSSR count). The highest BCUT2D eigenvalue weighted by molar-refractivity contribution is 7.80. The highest BCUT2D eigenvalue weighted by atomic mass is 32.1. The fourth-order valence-electron chi connectivity index (χ4n) is 2.66. The molecular formula is C18H40OS. The minimum atomic E-state index is 0. The number of thiol groups is 1. The Morgan fingerprint density at radius 3 is 0.950 bits per heavy atom. The van der Waals surface area contributed by atoms with Gasteiger partial charge in [-0.3, -0.25) is 0 Å². The van der Waals surface area contributed by atoms with Gasteiger partial charge in [0.05, 0.1) is 0 Å². The molecule has 0 aliphatic heterocycles. The molecule has 0 amide bonds. The molecule has 20 heavy (non-hydrogen) atoms. The van der Waals surface area contributed by atoms with Gasteiger partial charge in [0.2, 0.25) is 0 Å². The third-order valence-corrected chi connectivity index (χ3v) is 4.33. The van der Waals surface area contributed by atoms with Gasteiger partial charge in [0.1, 0.15) is 0 Å². The summed E-state index contributed by atoms with van der Waals surface area (Å²) in [4.78, 5) is 0. The maximum Gasteiger partial charge on any atom is -0.00979 e. The fourth-order valence-corrected chi connectivity index (χ4v) is 2.88. The molecule has 0 aromatic heterocycles. The van der Waals surface area contributed by atoms with Crippen molar-refractivity contribution in [2.24, 2.45) is 0 Å². The predicted molar refractivity (Wildman–Crippen MR) is 97.0 cm³/mol. The van der Waals surface area contributed by atoms with Crippen molar-refractivity contribution in [2.45, 2.75) is 110 Å². The second-order valence-electron chi connectivity index (χ2n) is 6.03. The third kappa shape index (κ3) is 20.6. The number of unbranched alkanes of at least 4 members (excludes halogenated alkanes) is 15. The van der Waals surface area contributed by atoms with E-state index in [9.17, 15) is 0 Å². The van der Waals surface area contributed by atoms with Crippen LogP contribution in [0.5, 0.6) is 0 Å². The van der Waals surface area contributed by atoms with E-state index in [1.807, 2.05) is 0 Å². The maximum atomic E-state index is 4.24. The lowest BCUT2D eigenvalue weighted by Crippen LogP contribution is -1.83. The zero-order chi connectivity index (χ0) is 14.0. The van der Waals surface area contributed by atoms with Crippen molar-refractivity contribution in [1.29, 1.82) is 0 Å². The molecule has 0 bridgehead atoms. The predicted octanol–water partition coefficient (Wildman–Crippen LogP) is 6.35. The van der Waals surface area contributed by atoms with Gasteiger partial charge in [-0.05, 0) is 12.2 Å². The molecule has 0 aromatic carbocycles. The first kappa shape index (κ1) is 22.6. The van der Waals surface area contributed by atoms with Crippen LogP contribution in [0.25, 0.3) is 0 Å². The summed E-state index contributed by atoms with van der Waals surface area (Å²) in [5, 5.41) is 0. The monoisotopic (exact) mass is 304 g/mol. The topological polar surface area (TPSA) is 31.5 Å². The zero-order valence-electron chi connectivity index (χ0n) is 14.0. The maximum absolute atomic E-state index is 4.24. The molecule has 2 heteroatoms. The SMILES string of the molecule is CCCCCCCCCCCCCCCCCCS.O. The van der Waals surface area contributed by atoms with Crippen LogP contribution in [0, 0.1) is 0 Å². The van der Waals surface area contributed by atoms with Crippen LogP contribution in [-0.2, 0) is 0 Å². The van der Waals surface area contributed by atoms with E-state index in [0.717, 1.165) is 5.75 Å². The number of rotatable bonds is 16. The average molecular weight is 305 g/mol. The van der Waals surface area contributed by atoms with Crippen molar-refractivity contribution in [3.8, 4) is 0 Å². The van der Waals surface area contributed by atoms with Crippen LogP contribution in [0.1, 0.15) is 110 Å². The molecule has 0 unspecified atom stereocenters. The Bertz CT molecular complexity index is 134. The molecule has 0 radical (unpaired) electrons. The van der Waals surface area contributed by atoms with Gasteiger partial charge in [0.25, 0.3) is 0 Å². The van der Waals surface area contributed by atoms with Crippen molar-refractivity contribution >= 4 is 12.6 Å². The lowest BCUT2D eigenvalue weighted by molar-refractivity contribution is 0.532. The van der Waals surface area contributed by atoms with E-state index in [1.54, 1.807) is 0 Å². The van der Waals surface area contributed by atoms with E-state index in [2.05, 4.69) is 19.6 Å². The lowest BCUT2D eigenvalue weighted by Gasteiger charge is -2.03. The summed E-state index contributed by atoms with van der Waals surface area (Å²) in [5.41, 5.74) is 0. The molecule has 124 valence electrons. The highest BCUT2D eigenvalue weighted by Gasteiger charge is 1.94. The van der Waals surface area contributed by atoms with Crippen molar-refractivity contribution in [2.75, 3.05) is 5.75 Å². The molecule has 0 aliphatic carbocycles. The second kappa shape index (κ2) is 21.6. The molecule has 0 saturated carbocycles. The minimum absolute atomic E-state index is 0. The van der Waals surface area contributed by atoms with Crippen molar-refractivity contribution in [1.82, 2.24) is 0 Å². The fraction of sp³-hybridized carbons (Fsp3) is 1.00.